The summed E-state index contributed by atoms with van der Waals surface area (Å²) in [5.41, 5.74) is 0. The van der Waals surface area contributed by atoms with Crippen molar-refractivity contribution in [2.24, 2.45) is 0 Å². The van der Waals surface area contributed by atoms with Crippen molar-refractivity contribution >= 4 is 11.9 Å². The number of rotatable bonds is 5. The quantitative estimate of drug-likeness (QED) is 0.708. The van der Waals surface area contributed by atoms with E-state index in [9.17, 15) is 9.59 Å². The van der Waals surface area contributed by atoms with Crippen molar-refractivity contribution in [3.8, 4) is 0 Å². The smallest absolute Gasteiger partial charge is 0.315 e. The Bertz CT molecular complexity index is 262. The number of hydrogen-bond donors (Lipinski definition) is 2. The first-order chi connectivity index (χ1) is 8.15. The van der Waals surface area contributed by atoms with Crippen molar-refractivity contribution in [3.05, 3.63) is 0 Å². The summed E-state index contributed by atoms with van der Waals surface area (Å²) < 4.78 is 0. The third-order valence-electron chi connectivity index (χ3n) is 2.95. The number of carbonyl (C=O) groups excluding carboxylic acids is 2. The van der Waals surface area contributed by atoms with Gasteiger partial charge in [-0.25, -0.2) is 4.79 Å². The molecule has 0 aromatic heterocycles. The molecule has 5 heteroatoms. The van der Waals surface area contributed by atoms with Gasteiger partial charge in [0.1, 0.15) is 6.04 Å². The minimum atomic E-state index is -0.435. The van der Waals surface area contributed by atoms with Crippen LogP contribution in [0.2, 0.25) is 0 Å². The Morgan fingerprint density at radius 2 is 1.94 bits per heavy atom. The maximum absolute atomic E-state index is 11.9. The fraction of sp³-hybridized carbons (Fsp3) is 0.833. The van der Waals surface area contributed by atoms with Crippen molar-refractivity contribution < 1.29 is 9.59 Å². The third-order valence-corrected chi connectivity index (χ3v) is 2.95. The average Bonchev–Trinajstić information content (AvgIpc) is 2.81. The van der Waals surface area contributed by atoms with Gasteiger partial charge in [0.15, 0.2) is 0 Å². The second-order valence-corrected chi connectivity index (χ2v) is 4.51. The van der Waals surface area contributed by atoms with E-state index in [1.165, 1.54) is 0 Å². The van der Waals surface area contributed by atoms with Crippen LogP contribution in [0.25, 0.3) is 0 Å². The molecule has 5 nitrogen and oxygen atoms in total. The lowest BCUT2D eigenvalue weighted by molar-refractivity contribution is -0.131. The molecule has 0 radical (unpaired) electrons. The van der Waals surface area contributed by atoms with E-state index in [0.717, 1.165) is 38.8 Å². The molecule has 1 unspecified atom stereocenters. The van der Waals surface area contributed by atoms with Crippen LogP contribution in [0, 0.1) is 0 Å². The van der Waals surface area contributed by atoms with Gasteiger partial charge >= 0.3 is 6.03 Å². The molecule has 1 aliphatic heterocycles. The van der Waals surface area contributed by atoms with Crippen LogP contribution in [0.3, 0.4) is 0 Å². The molecule has 0 aromatic carbocycles. The number of nitrogens with one attached hydrogen (secondary N) is 2. The Labute approximate surface area is 103 Å². The first kappa shape index (κ1) is 13.8. The Hall–Kier alpha value is -1.26. The zero-order chi connectivity index (χ0) is 12.7. The predicted octanol–water partition coefficient (Wildman–Crippen LogP) is 1.10. The highest BCUT2D eigenvalue weighted by atomic mass is 16.2. The van der Waals surface area contributed by atoms with Crippen LogP contribution in [-0.2, 0) is 4.79 Å². The number of urea groups is 1. The maximum Gasteiger partial charge on any atom is 0.315 e. The molecule has 1 fully saturated rings. The van der Waals surface area contributed by atoms with Crippen LogP contribution in [-0.4, -0.2) is 42.5 Å². The third kappa shape index (κ3) is 4.63. The molecular weight excluding hydrogens is 218 g/mol. The Morgan fingerprint density at radius 3 is 2.53 bits per heavy atom. The number of likely N-dealkylation sites (tertiary alicyclic amines) is 1. The SMILES string of the molecule is CCCCNC(=O)NC(C)C(=O)N1CCCC1. The number of amides is 3. The molecule has 0 aliphatic carbocycles. The Balaban J connectivity index is 2.24. The summed E-state index contributed by atoms with van der Waals surface area (Å²) in [5, 5.41) is 5.41. The summed E-state index contributed by atoms with van der Waals surface area (Å²) in [7, 11) is 0. The molecule has 0 spiro atoms. The fourth-order valence-corrected chi connectivity index (χ4v) is 1.90. The maximum atomic E-state index is 11.9. The molecule has 2 N–H and O–H groups in total. The van der Waals surface area contributed by atoms with Gasteiger partial charge in [-0.05, 0) is 26.2 Å². The number of carbonyl (C=O) groups is 2. The van der Waals surface area contributed by atoms with Crippen LogP contribution >= 0.6 is 0 Å². The summed E-state index contributed by atoms with van der Waals surface area (Å²) in [6.45, 7) is 6.11. The van der Waals surface area contributed by atoms with E-state index in [-0.39, 0.29) is 11.9 Å². The molecule has 98 valence electrons. The van der Waals surface area contributed by atoms with E-state index in [1.54, 1.807) is 6.92 Å². The zero-order valence-electron chi connectivity index (χ0n) is 10.8. The minimum absolute atomic E-state index is 0.0214. The molecule has 1 atom stereocenters. The van der Waals surface area contributed by atoms with Crippen LogP contribution in [0.15, 0.2) is 0 Å². The molecule has 0 saturated carbocycles. The average molecular weight is 241 g/mol. The molecule has 1 aliphatic rings. The van der Waals surface area contributed by atoms with Gasteiger partial charge in [-0.3, -0.25) is 4.79 Å². The van der Waals surface area contributed by atoms with E-state index >= 15 is 0 Å². The molecule has 3 amide bonds. The van der Waals surface area contributed by atoms with Crippen LogP contribution in [0.5, 0.6) is 0 Å². The molecule has 1 heterocycles. The van der Waals surface area contributed by atoms with Crippen molar-refractivity contribution in [2.75, 3.05) is 19.6 Å². The fourth-order valence-electron chi connectivity index (χ4n) is 1.90. The topological polar surface area (TPSA) is 61.4 Å². The molecule has 0 bridgehead atoms. The predicted molar refractivity (Wildman–Crippen MR) is 66.7 cm³/mol. The summed E-state index contributed by atoms with van der Waals surface area (Å²) in [4.78, 5) is 25.2. The van der Waals surface area contributed by atoms with Gasteiger partial charge in [-0.1, -0.05) is 13.3 Å². The van der Waals surface area contributed by atoms with Gasteiger partial charge in [0, 0.05) is 19.6 Å². The molecule has 1 rings (SSSR count). The highest BCUT2D eigenvalue weighted by Gasteiger charge is 2.23. The minimum Gasteiger partial charge on any atom is -0.341 e. The van der Waals surface area contributed by atoms with Crippen molar-refractivity contribution in [3.63, 3.8) is 0 Å². The van der Waals surface area contributed by atoms with Crippen molar-refractivity contribution in [1.82, 2.24) is 15.5 Å². The molecular formula is C12H23N3O2. The van der Waals surface area contributed by atoms with E-state index in [4.69, 9.17) is 0 Å². The lowest BCUT2D eigenvalue weighted by Crippen LogP contribution is -2.49. The van der Waals surface area contributed by atoms with E-state index in [1.807, 2.05) is 4.90 Å². The van der Waals surface area contributed by atoms with Gasteiger partial charge in [0.25, 0.3) is 0 Å². The number of unbranched alkanes of at least 4 members (excludes halogenated alkanes) is 1. The second kappa shape index (κ2) is 7.14. The summed E-state index contributed by atoms with van der Waals surface area (Å²) >= 11 is 0. The van der Waals surface area contributed by atoms with E-state index < -0.39 is 6.04 Å². The van der Waals surface area contributed by atoms with Crippen LogP contribution < -0.4 is 10.6 Å². The lowest BCUT2D eigenvalue weighted by Gasteiger charge is -2.21. The van der Waals surface area contributed by atoms with Crippen molar-refractivity contribution in [1.29, 1.82) is 0 Å². The van der Waals surface area contributed by atoms with Gasteiger partial charge < -0.3 is 15.5 Å². The highest BCUT2D eigenvalue weighted by Crippen LogP contribution is 2.08. The standard InChI is InChI=1S/C12H23N3O2/c1-3-4-7-13-12(17)14-10(2)11(16)15-8-5-6-9-15/h10H,3-9H2,1-2H3,(H2,13,14,17). The van der Waals surface area contributed by atoms with Gasteiger partial charge in [-0.2, -0.15) is 0 Å². The lowest BCUT2D eigenvalue weighted by atomic mass is 10.3. The Kier molecular flexibility index (Phi) is 5.80. The zero-order valence-corrected chi connectivity index (χ0v) is 10.8. The largest absolute Gasteiger partial charge is 0.341 e. The number of nitrogens with zero attached hydrogens (tertiary/aromatic N) is 1. The normalized spacial score (nSPS) is 16.7. The molecule has 1 saturated heterocycles. The van der Waals surface area contributed by atoms with Crippen LogP contribution in [0.1, 0.15) is 39.5 Å². The molecule has 0 aromatic rings. The second-order valence-electron chi connectivity index (χ2n) is 4.51. The monoisotopic (exact) mass is 241 g/mol. The summed E-state index contributed by atoms with van der Waals surface area (Å²) in [5.74, 6) is 0.0214. The van der Waals surface area contributed by atoms with E-state index in [2.05, 4.69) is 17.6 Å². The van der Waals surface area contributed by atoms with Gasteiger partial charge in [-0.15, -0.1) is 0 Å². The van der Waals surface area contributed by atoms with Crippen LogP contribution in [0.4, 0.5) is 4.79 Å². The summed E-state index contributed by atoms with van der Waals surface area (Å²) in [6.07, 6.45) is 4.15. The highest BCUT2D eigenvalue weighted by molar-refractivity contribution is 5.86. The molecule has 17 heavy (non-hydrogen) atoms. The first-order valence-electron chi connectivity index (χ1n) is 6.48. The van der Waals surface area contributed by atoms with Gasteiger partial charge in [0.2, 0.25) is 5.91 Å². The van der Waals surface area contributed by atoms with E-state index in [0.29, 0.717) is 6.54 Å². The summed E-state index contributed by atoms with van der Waals surface area (Å²) in [6, 6.07) is -0.687. The van der Waals surface area contributed by atoms with Crippen molar-refractivity contribution in [2.45, 2.75) is 45.6 Å². The Morgan fingerprint density at radius 1 is 1.29 bits per heavy atom. The number of hydrogen-bond acceptors (Lipinski definition) is 2. The first-order valence-corrected chi connectivity index (χ1v) is 6.48. The van der Waals surface area contributed by atoms with Gasteiger partial charge in [0.05, 0.1) is 0 Å².